The SMILES string of the molecule is C=C(F)C(=O)N1CCN(c2c(C#N)c(OCCCN(C)C)nc3c2CCN(c2cccc4cccc(C)c24)C3)C[C@@H]1CC#N.C=C(F)C(=O)N1CCN(c2c(C#N)c(OCCCN3CCCCC3)nc3c2CCN(c2cccc4cccc(C)c24)C3)C[C@@H]1CC#N.C=C(F)C(=O)N1CCN(c2c(C#N)c(OCCN(C)C)nc3c2CCN(c2cccc4cccc(C)c24)C3)C[C@@H]1CC#N. The molecule has 3 atom stereocenters. The Kier molecular flexibility index (Phi) is 31.6. The Morgan fingerprint density at radius 1 is 0.403 bits per heavy atom. The number of rotatable bonds is 26. The van der Waals surface area contributed by atoms with Crippen molar-refractivity contribution in [1.29, 1.82) is 31.6 Å². The third kappa shape index (κ3) is 21.4. The number of anilines is 6. The topological polar surface area (TPSA) is 299 Å². The molecule has 7 aliphatic heterocycles. The summed E-state index contributed by atoms with van der Waals surface area (Å²) in [6.45, 7) is 28.2. The van der Waals surface area contributed by atoms with E-state index in [4.69, 9.17) is 29.2 Å². The molecule has 30 heteroatoms. The van der Waals surface area contributed by atoms with Gasteiger partial charge < -0.3 is 73.0 Å². The monoisotopic (exact) mass is 1810 g/mol. The molecule has 4 fully saturated rings. The molecular weight excluding hydrogens is 1700 g/mol. The second-order valence-corrected chi connectivity index (χ2v) is 35.8. The van der Waals surface area contributed by atoms with Crippen molar-refractivity contribution in [3.05, 3.63) is 214 Å². The molecule has 7 aliphatic rings. The lowest BCUT2D eigenvalue weighted by Crippen LogP contribution is -2.55. The molecule has 27 nitrogen and oxygen atoms in total. The summed E-state index contributed by atoms with van der Waals surface area (Å²) < 4.78 is 60.2. The summed E-state index contributed by atoms with van der Waals surface area (Å²) in [5.41, 5.74) is 15.8. The van der Waals surface area contributed by atoms with E-state index in [2.05, 4.69) is 220 Å². The summed E-state index contributed by atoms with van der Waals surface area (Å²) in [7, 11) is 7.90. The number of likely N-dealkylation sites (tertiary alicyclic amines) is 1. The van der Waals surface area contributed by atoms with Crippen molar-refractivity contribution in [3.8, 4) is 54.1 Å². The number of carbonyl (C=O) groups is 3. The van der Waals surface area contributed by atoms with Gasteiger partial charge in [-0.2, -0.15) is 31.6 Å². The first kappa shape index (κ1) is 96.1. The van der Waals surface area contributed by atoms with E-state index in [9.17, 15) is 59.1 Å². The number of amides is 3. The lowest BCUT2D eigenvalue weighted by molar-refractivity contribution is -0.132. The predicted octanol–water partition coefficient (Wildman–Crippen LogP) is 14.7. The lowest BCUT2D eigenvalue weighted by Gasteiger charge is -2.43. The first-order valence-electron chi connectivity index (χ1n) is 46.1. The minimum atomic E-state index is -1.05. The third-order valence-electron chi connectivity index (χ3n) is 26.4. The molecule has 0 unspecified atom stereocenters. The molecule has 0 bridgehead atoms. The van der Waals surface area contributed by atoms with Crippen molar-refractivity contribution >= 4 is 84.2 Å². The van der Waals surface area contributed by atoms with Crippen LogP contribution in [-0.4, -0.2) is 239 Å². The summed E-state index contributed by atoms with van der Waals surface area (Å²) >= 11 is 0. The number of hydrogen-bond acceptors (Lipinski definition) is 24. The number of nitriles is 6. The van der Waals surface area contributed by atoms with Crippen molar-refractivity contribution in [2.24, 2.45) is 0 Å². The Balaban J connectivity index is 0.000000161. The molecule has 0 N–H and O–H groups in total. The molecule has 16 rings (SSSR count). The van der Waals surface area contributed by atoms with Gasteiger partial charge in [0.05, 0.1) is 123 Å². The van der Waals surface area contributed by atoms with E-state index in [-0.39, 0.29) is 57.9 Å². The minimum absolute atomic E-state index is 0.0328. The maximum Gasteiger partial charge on any atom is 0.282 e. The van der Waals surface area contributed by atoms with Crippen LogP contribution in [0.1, 0.15) is 119 Å². The summed E-state index contributed by atoms with van der Waals surface area (Å²) in [4.78, 5) is 76.5. The van der Waals surface area contributed by atoms with Crippen LogP contribution in [0.5, 0.6) is 17.6 Å². The summed E-state index contributed by atoms with van der Waals surface area (Å²) in [6, 6.07) is 49.9. The Labute approximate surface area is 783 Å². The number of ether oxygens (including phenoxy) is 3. The van der Waals surface area contributed by atoms with Gasteiger partial charge in [0, 0.05) is 148 Å². The van der Waals surface area contributed by atoms with Crippen LogP contribution >= 0.6 is 0 Å². The van der Waals surface area contributed by atoms with Crippen molar-refractivity contribution < 1.29 is 41.8 Å². The number of piperazine rings is 3. The van der Waals surface area contributed by atoms with Crippen LogP contribution in [0, 0.1) is 88.8 Å². The molecule has 694 valence electrons. The molecule has 134 heavy (non-hydrogen) atoms. The van der Waals surface area contributed by atoms with E-state index in [1.54, 1.807) is 0 Å². The number of aromatic nitrogens is 3. The molecule has 3 amide bonds. The average molecular weight is 1810 g/mol. The number of carbonyl (C=O) groups excluding carboxylic acids is 3. The van der Waals surface area contributed by atoms with Gasteiger partial charge in [-0.25, -0.2) is 28.1 Å². The number of halogens is 3. The second kappa shape index (κ2) is 44.0. The van der Waals surface area contributed by atoms with Gasteiger partial charge in [0.15, 0.2) is 17.5 Å². The van der Waals surface area contributed by atoms with E-state index < -0.39 is 53.3 Å². The summed E-state index contributed by atoms with van der Waals surface area (Å²) in [6.07, 6.45) is 7.42. The van der Waals surface area contributed by atoms with Crippen molar-refractivity contribution in [2.75, 3.05) is 189 Å². The fourth-order valence-electron chi connectivity index (χ4n) is 20.0. The summed E-state index contributed by atoms with van der Waals surface area (Å²) in [5, 5.41) is 67.2. The highest BCUT2D eigenvalue weighted by atomic mass is 19.1. The molecule has 0 radical (unpaired) electrons. The number of pyridine rings is 3. The average Bonchev–Trinajstić information content (AvgIpc) is 0.759. The van der Waals surface area contributed by atoms with Crippen LogP contribution in [0.4, 0.5) is 47.3 Å². The Bertz CT molecular complexity index is 6200. The summed E-state index contributed by atoms with van der Waals surface area (Å²) in [5.74, 6) is -4.62. The maximum absolute atomic E-state index is 13.9. The van der Waals surface area contributed by atoms with Gasteiger partial charge in [-0.15, -0.1) is 0 Å². The predicted molar refractivity (Wildman–Crippen MR) is 515 cm³/mol. The van der Waals surface area contributed by atoms with Crippen molar-refractivity contribution in [3.63, 3.8) is 0 Å². The fourth-order valence-corrected chi connectivity index (χ4v) is 20.0. The van der Waals surface area contributed by atoms with Gasteiger partial charge in [0.2, 0.25) is 17.6 Å². The zero-order valence-electron chi connectivity index (χ0n) is 77.8. The van der Waals surface area contributed by atoms with Crippen LogP contribution in [0.15, 0.2) is 146 Å². The Morgan fingerprint density at radius 2 is 0.716 bits per heavy atom. The van der Waals surface area contributed by atoms with E-state index in [0.29, 0.717) is 120 Å². The quantitative estimate of drug-likeness (QED) is 0.0359. The van der Waals surface area contributed by atoms with Crippen LogP contribution in [-0.2, 0) is 53.3 Å². The molecule has 9 aromatic rings. The smallest absolute Gasteiger partial charge is 0.282 e. The zero-order valence-corrected chi connectivity index (χ0v) is 77.8. The van der Waals surface area contributed by atoms with Crippen molar-refractivity contribution in [2.45, 2.75) is 129 Å². The van der Waals surface area contributed by atoms with Gasteiger partial charge in [-0.1, -0.05) is 117 Å². The first-order valence-corrected chi connectivity index (χ1v) is 46.1. The minimum Gasteiger partial charge on any atom is -0.477 e. The van der Waals surface area contributed by atoms with Gasteiger partial charge >= 0.3 is 0 Å². The molecule has 0 saturated carbocycles. The van der Waals surface area contributed by atoms with E-state index in [1.807, 2.05) is 38.0 Å². The van der Waals surface area contributed by atoms with E-state index in [1.165, 1.54) is 83.0 Å². The number of hydrogen-bond donors (Lipinski definition) is 0. The van der Waals surface area contributed by atoms with Gasteiger partial charge in [0.25, 0.3) is 17.7 Å². The van der Waals surface area contributed by atoms with Crippen LogP contribution in [0.3, 0.4) is 0 Å². The van der Waals surface area contributed by atoms with Gasteiger partial charge in [-0.3, -0.25) is 14.4 Å². The molecular formula is C104H116F3N21O6. The zero-order chi connectivity index (χ0) is 95.0. The molecule has 4 saturated heterocycles. The number of likely N-dealkylation sites (N-methyl/N-ethyl adjacent to an activating group) is 1. The highest BCUT2D eigenvalue weighted by molar-refractivity contribution is 6.00. The van der Waals surface area contributed by atoms with Crippen LogP contribution in [0.25, 0.3) is 32.3 Å². The molecule has 3 aromatic heterocycles. The van der Waals surface area contributed by atoms with Crippen LogP contribution in [0.2, 0.25) is 0 Å². The molecule has 6 aromatic carbocycles. The van der Waals surface area contributed by atoms with E-state index in [0.717, 1.165) is 127 Å². The number of fused-ring (bicyclic) bond motifs is 6. The molecule has 10 heterocycles. The molecule has 0 spiro atoms. The van der Waals surface area contributed by atoms with Crippen molar-refractivity contribution in [1.82, 2.24) is 44.4 Å². The van der Waals surface area contributed by atoms with E-state index >= 15 is 0 Å². The number of benzene rings is 6. The highest BCUT2D eigenvalue weighted by Crippen LogP contribution is 2.46. The third-order valence-corrected chi connectivity index (χ3v) is 26.4. The van der Waals surface area contributed by atoms with Gasteiger partial charge in [0.1, 0.15) is 41.5 Å². The first-order chi connectivity index (χ1) is 64.8. The Morgan fingerprint density at radius 3 is 1.02 bits per heavy atom. The second-order valence-electron chi connectivity index (χ2n) is 35.8. The molecule has 0 aliphatic carbocycles. The number of piperidine rings is 1. The number of nitrogens with zero attached hydrogens (tertiary/aromatic N) is 21. The van der Waals surface area contributed by atoms with Crippen LogP contribution < -0.4 is 43.6 Å². The van der Waals surface area contributed by atoms with Gasteiger partial charge in [-0.05, 0) is 158 Å². The number of aryl methyl sites for hydroxylation is 3. The lowest BCUT2D eigenvalue weighted by atomic mass is 9.95. The largest absolute Gasteiger partial charge is 0.477 e. The normalized spacial score (nSPS) is 17.1. The Hall–Kier alpha value is -14.0. The fraction of sp³-hybridized carbons (Fsp3) is 0.423. The maximum atomic E-state index is 13.9. The standard InChI is InChI=1S/C37H42FN7O2.C34H38FN7O2.C33H36FN7O2/c1-26-9-6-10-28-11-7-12-33(34(26)28)43-19-14-30-32(25-43)41-36(47-22-8-18-42-16-4-3-5-17-42)31(23-40)35(30)44-20-21-45(37(46)27(2)38)29(24-44)13-15-39;1-23-8-5-9-25-10-6-11-30(31(23)25)40-16-13-27-29(22-40)38-33(44-19-7-15-39(3)4)28(20-37)32(27)41-17-18-42(34(43)24(2)35)26(21-41)12-14-36;1-22-7-5-8-24-9-6-10-29(30(22)24)39-14-12-26-28(21-39)37-32(43-18-17-38(3)4)27(19-36)31(26)40-15-16-41(33(42)23(2)34)25(20-40)11-13-35/h6-7,9-12,29H,2-5,8,13-14,16-22,24-25H2,1H3;5-6,8-11,26H,2,7,12-13,15-19,21-22H2,1,3-4H3;5-10,25H,2,11-12,14-18,20-21H2,1,3-4H3/t29-;26-;25-/m000/s1. The highest BCUT2D eigenvalue weighted by Gasteiger charge is 2.42.